The summed E-state index contributed by atoms with van der Waals surface area (Å²) in [6, 6.07) is 15.2. The van der Waals surface area contributed by atoms with Crippen LogP contribution >= 0.6 is 39.9 Å². The van der Waals surface area contributed by atoms with Crippen molar-refractivity contribution in [2.45, 2.75) is 19.4 Å². The zero-order chi connectivity index (χ0) is 22.1. The Morgan fingerprint density at radius 2 is 1.81 bits per heavy atom. The monoisotopic (exact) mass is 516 g/mol. The summed E-state index contributed by atoms with van der Waals surface area (Å²) >= 11 is 9.91. The molecule has 2 amide bonds. The lowest BCUT2D eigenvalue weighted by Crippen LogP contribution is -2.30. The van der Waals surface area contributed by atoms with Gasteiger partial charge in [0, 0.05) is 23.0 Å². The van der Waals surface area contributed by atoms with Crippen LogP contribution < -0.4 is 4.90 Å². The van der Waals surface area contributed by atoms with Crippen molar-refractivity contribution < 1.29 is 19.5 Å². The van der Waals surface area contributed by atoms with E-state index in [1.807, 2.05) is 48.5 Å². The molecule has 2 aromatic rings. The molecule has 2 aliphatic rings. The molecular weight excluding hydrogens is 500 g/mol. The van der Waals surface area contributed by atoms with E-state index < -0.39 is 5.97 Å². The van der Waals surface area contributed by atoms with Crippen LogP contribution in [0, 0.1) is 0 Å². The summed E-state index contributed by atoms with van der Waals surface area (Å²) in [7, 11) is 0. The maximum Gasteiger partial charge on any atom is 0.303 e. The number of nitrogens with zero attached hydrogens (tertiary/aromatic N) is 2. The molecule has 1 saturated heterocycles. The molecule has 0 spiro atoms. The molecule has 4 rings (SSSR count). The number of anilines is 1. The van der Waals surface area contributed by atoms with Crippen LogP contribution in [0.5, 0.6) is 0 Å². The number of hydrogen-bond donors (Lipinski definition) is 1. The van der Waals surface area contributed by atoms with Gasteiger partial charge in [0.1, 0.15) is 4.32 Å². The predicted molar refractivity (Wildman–Crippen MR) is 127 cm³/mol. The van der Waals surface area contributed by atoms with E-state index in [-0.39, 0.29) is 24.8 Å². The van der Waals surface area contributed by atoms with Crippen LogP contribution in [0.4, 0.5) is 5.69 Å². The molecule has 6 nitrogen and oxygen atoms in total. The van der Waals surface area contributed by atoms with Gasteiger partial charge < -0.3 is 10.0 Å². The fraction of sp³-hybridized carbons (Fsp3) is 0.182. The maximum absolute atomic E-state index is 13.5. The number of benzene rings is 2. The van der Waals surface area contributed by atoms with Gasteiger partial charge in [0.25, 0.3) is 11.8 Å². The Balaban J connectivity index is 1.71. The molecule has 1 fully saturated rings. The minimum Gasteiger partial charge on any atom is -0.481 e. The Morgan fingerprint density at radius 1 is 1.06 bits per heavy atom. The zero-order valence-corrected chi connectivity index (χ0v) is 19.4. The lowest BCUT2D eigenvalue weighted by molar-refractivity contribution is -0.137. The third-order valence-corrected chi connectivity index (χ3v) is 6.95. The van der Waals surface area contributed by atoms with Gasteiger partial charge in [-0.1, -0.05) is 70.2 Å². The van der Waals surface area contributed by atoms with Crippen LogP contribution in [0.3, 0.4) is 0 Å². The first-order valence-corrected chi connectivity index (χ1v) is 11.5. The summed E-state index contributed by atoms with van der Waals surface area (Å²) in [6.07, 6.45) is 0.239. The molecule has 0 bridgehead atoms. The Hall–Kier alpha value is -2.49. The van der Waals surface area contributed by atoms with Crippen molar-refractivity contribution in [2.24, 2.45) is 0 Å². The topological polar surface area (TPSA) is 77.9 Å². The van der Waals surface area contributed by atoms with Gasteiger partial charge in [-0.3, -0.25) is 19.3 Å². The highest BCUT2D eigenvalue weighted by Gasteiger charge is 2.42. The first-order chi connectivity index (χ1) is 14.9. The lowest BCUT2D eigenvalue weighted by atomic mass is 10.1. The van der Waals surface area contributed by atoms with Gasteiger partial charge in [-0.05, 0) is 30.2 Å². The molecule has 0 aliphatic carbocycles. The predicted octanol–water partition coefficient (Wildman–Crippen LogP) is 4.43. The number of halogens is 1. The van der Waals surface area contributed by atoms with Crippen LogP contribution in [-0.4, -0.2) is 38.7 Å². The number of carbonyl (C=O) groups is 3. The maximum atomic E-state index is 13.5. The van der Waals surface area contributed by atoms with Crippen molar-refractivity contribution in [1.82, 2.24) is 4.90 Å². The quantitative estimate of drug-likeness (QED) is 0.451. The van der Waals surface area contributed by atoms with E-state index in [2.05, 4.69) is 15.9 Å². The number of amides is 2. The molecule has 2 heterocycles. The second kappa shape index (κ2) is 8.94. The number of rotatable bonds is 6. The van der Waals surface area contributed by atoms with Gasteiger partial charge in [-0.25, -0.2) is 0 Å². The molecule has 0 atom stereocenters. The molecule has 0 aromatic heterocycles. The van der Waals surface area contributed by atoms with E-state index in [0.717, 1.165) is 27.5 Å². The van der Waals surface area contributed by atoms with E-state index in [1.165, 1.54) is 4.90 Å². The zero-order valence-electron chi connectivity index (χ0n) is 16.2. The van der Waals surface area contributed by atoms with Gasteiger partial charge in [0.15, 0.2) is 0 Å². The molecule has 2 aliphatic heterocycles. The standard InChI is InChI=1S/C22H17BrN2O4S2/c23-14-8-9-16-15(11-14)18(20(28)25(16)12-13-5-2-1-3-6-13)19-21(29)24(22(30)31-19)10-4-7-17(26)27/h1-3,5-6,8-9,11H,4,7,10,12H2,(H,26,27)/b19-18+. The number of carboxylic acid groups (broad SMARTS) is 1. The second-order valence-corrected chi connectivity index (χ2v) is 9.62. The normalized spacial score (nSPS) is 18.2. The van der Waals surface area contributed by atoms with E-state index in [0.29, 0.717) is 33.3 Å². The summed E-state index contributed by atoms with van der Waals surface area (Å²) in [5.74, 6) is -1.52. The molecule has 1 N–H and O–H groups in total. The summed E-state index contributed by atoms with van der Waals surface area (Å²) in [6.45, 7) is 0.595. The van der Waals surface area contributed by atoms with E-state index in [1.54, 1.807) is 4.90 Å². The highest BCUT2D eigenvalue weighted by Crippen LogP contribution is 2.45. The first-order valence-electron chi connectivity index (χ1n) is 9.52. The van der Waals surface area contributed by atoms with Gasteiger partial charge in [0.2, 0.25) is 0 Å². The summed E-state index contributed by atoms with van der Waals surface area (Å²) in [5.41, 5.74) is 2.74. The molecule has 158 valence electrons. The van der Waals surface area contributed by atoms with E-state index >= 15 is 0 Å². The minimum atomic E-state index is -0.926. The molecule has 9 heteroatoms. The molecule has 0 radical (unpaired) electrons. The Kier molecular flexibility index (Phi) is 6.27. The van der Waals surface area contributed by atoms with Gasteiger partial charge >= 0.3 is 5.97 Å². The van der Waals surface area contributed by atoms with Crippen LogP contribution in [0.25, 0.3) is 5.57 Å². The number of thioether (sulfide) groups is 1. The summed E-state index contributed by atoms with van der Waals surface area (Å²) in [5, 5.41) is 8.86. The Morgan fingerprint density at radius 3 is 2.52 bits per heavy atom. The van der Waals surface area contributed by atoms with Crippen LogP contribution in [0.15, 0.2) is 57.9 Å². The molecule has 2 aromatic carbocycles. The van der Waals surface area contributed by atoms with E-state index in [4.69, 9.17) is 17.3 Å². The number of hydrogen-bond acceptors (Lipinski definition) is 5. The third kappa shape index (κ3) is 4.30. The largest absolute Gasteiger partial charge is 0.481 e. The number of carbonyl (C=O) groups excluding carboxylic acids is 2. The van der Waals surface area contributed by atoms with Gasteiger partial charge in [0.05, 0.1) is 22.7 Å². The van der Waals surface area contributed by atoms with Crippen molar-refractivity contribution in [1.29, 1.82) is 0 Å². The van der Waals surface area contributed by atoms with Crippen LogP contribution in [0.2, 0.25) is 0 Å². The fourth-order valence-corrected chi connectivity index (χ4v) is 5.32. The molecule has 0 unspecified atom stereocenters. The first kappa shape index (κ1) is 21.7. The third-order valence-electron chi connectivity index (χ3n) is 5.01. The highest BCUT2D eigenvalue weighted by molar-refractivity contribution is 9.10. The average molecular weight is 517 g/mol. The van der Waals surface area contributed by atoms with Crippen molar-refractivity contribution in [3.05, 3.63) is 69.0 Å². The smallest absolute Gasteiger partial charge is 0.303 e. The van der Waals surface area contributed by atoms with Crippen molar-refractivity contribution in [3.63, 3.8) is 0 Å². The van der Waals surface area contributed by atoms with Gasteiger partial charge in [-0.2, -0.15) is 0 Å². The highest BCUT2D eigenvalue weighted by atomic mass is 79.9. The Bertz CT molecular complexity index is 1130. The van der Waals surface area contributed by atoms with Crippen molar-refractivity contribution in [3.8, 4) is 0 Å². The Labute approximate surface area is 197 Å². The fourth-order valence-electron chi connectivity index (χ4n) is 3.58. The number of fused-ring (bicyclic) bond motifs is 1. The second-order valence-electron chi connectivity index (χ2n) is 7.06. The SMILES string of the molecule is O=C(O)CCCN1C(=O)/C(=C2\C(=O)N(Cc3ccccc3)c3ccc(Br)cc32)SC1=S. The average Bonchev–Trinajstić information content (AvgIpc) is 3.15. The number of thiocarbonyl (C=S) groups is 1. The van der Waals surface area contributed by atoms with E-state index in [9.17, 15) is 14.4 Å². The minimum absolute atomic E-state index is 0.0530. The lowest BCUT2D eigenvalue weighted by Gasteiger charge is -2.17. The summed E-state index contributed by atoms with van der Waals surface area (Å²) in [4.78, 5) is 40.7. The number of carboxylic acids is 1. The van der Waals surface area contributed by atoms with Crippen molar-refractivity contribution in [2.75, 3.05) is 11.4 Å². The molecule has 0 saturated carbocycles. The molecule has 31 heavy (non-hydrogen) atoms. The van der Waals surface area contributed by atoms with Crippen molar-refractivity contribution >= 4 is 73.3 Å². The summed E-state index contributed by atoms with van der Waals surface area (Å²) < 4.78 is 1.14. The van der Waals surface area contributed by atoms with Crippen LogP contribution in [-0.2, 0) is 20.9 Å². The van der Waals surface area contributed by atoms with Crippen LogP contribution in [0.1, 0.15) is 24.0 Å². The number of aliphatic carboxylic acids is 1. The van der Waals surface area contributed by atoms with Gasteiger partial charge in [-0.15, -0.1) is 0 Å². The molecular formula is C22H17BrN2O4S2.